The molecular formula is C25H28N2O4S. The molecule has 0 aliphatic rings. The van der Waals surface area contributed by atoms with Gasteiger partial charge in [-0.15, -0.1) is 11.3 Å². The molecule has 0 saturated heterocycles. The van der Waals surface area contributed by atoms with Gasteiger partial charge in [-0.25, -0.2) is 4.98 Å². The summed E-state index contributed by atoms with van der Waals surface area (Å²) in [5.74, 6) is 2.28. The quantitative estimate of drug-likeness (QED) is 0.414. The molecule has 0 unspecified atom stereocenters. The summed E-state index contributed by atoms with van der Waals surface area (Å²) in [6, 6.07) is 13.3. The van der Waals surface area contributed by atoms with Gasteiger partial charge < -0.3 is 14.2 Å². The largest absolute Gasteiger partial charge is 0.497 e. The summed E-state index contributed by atoms with van der Waals surface area (Å²) >= 11 is 1.44. The number of amides is 1. The van der Waals surface area contributed by atoms with Crippen LogP contribution in [0.1, 0.15) is 24.3 Å². The third kappa shape index (κ3) is 6.11. The molecule has 1 amide bonds. The first kappa shape index (κ1) is 23.3. The van der Waals surface area contributed by atoms with Crippen molar-refractivity contribution in [1.29, 1.82) is 0 Å². The third-order valence-electron chi connectivity index (χ3n) is 4.58. The highest BCUT2D eigenvalue weighted by atomic mass is 32.1. The highest BCUT2D eigenvalue weighted by Crippen LogP contribution is 2.32. The summed E-state index contributed by atoms with van der Waals surface area (Å²) in [6.45, 7) is 6.77. The lowest BCUT2D eigenvalue weighted by Gasteiger charge is -2.12. The number of thiazole rings is 1. The summed E-state index contributed by atoms with van der Waals surface area (Å²) in [6.07, 6.45) is 3.21. The second-order valence-electron chi connectivity index (χ2n) is 7.59. The van der Waals surface area contributed by atoms with Crippen molar-refractivity contribution in [1.82, 2.24) is 4.98 Å². The zero-order chi connectivity index (χ0) is 23.1. The minimum Gasteiger partial charge on any atom is -0.497 e. The number of hydrogen-bond donors (Lipinski definition) is 1. The van der Waals surface area contributed by atoms with Gasteiger partial charge in [0.15, 0.2) is 16.6 Å². The zero-order valence-corrected chi connectivity index (χ0v) is 19.8. The average molecular weight is 453 g/mol. The monoisotopic (exact) mass is 452 g/mol. The topological polar surface area (TPSA) is 69.7 Å². The molecule has 6 nitrogen and oxygen atoms in total. The standard InChI is InChI=1S/C25H28N2O4S/c1-16(2)15-31-21-12-6-18(14-22(21)30-5)7-13-23(28)26-25-27-24(17(3)32-25)19-8-10-20(29-4)11-9-19/h6-14,16H,15H2,1-5H3,(H,26,27,28)/b13-7+. The van der Waals surface area contributed by atoms with Crippen LogP contribution in [0.15, 0.2) is 48.5 Å². The van der Waals surface area contributed by atoms with Gasteiger partial charge in [-0.3, -0.25) is 10.1 Å². The van der Waals surface area contributed by atoms with E-state index < -0.39 is 0 Å². The van der Waals surface area contributed by atoms with Crippen LogP contribution in [-0.4, -0.2) is 31.7 Å². The molecule has 0 aliphatic carbocycles. The van der Waals surface area contributed by atoms with Gasteiger partial charge in [0.05, 0.1) is 26.5 Å². The Bertz CT molecular complexity index is 1090. The van der Waals surface area contributed by atoms with Crippen molar-refractivity contribution in [3.8, 4) is 28.5 Å². The Balaban J connectivity index is 1.66. The normalized spacial score (nSPS) is 11.1. The number of ether oxygens (including phenoxy) is 3. The Morgan fingerprint density at radius 3 is 2.50 bits per heavy atom. The van der Waals surface area contributed by atoms with Gasteiger partial charge in [-0.05, 0) is 60.9 Å². The van der Waals surface area contributed by atoms with Crippen molar-refractivity contribution in [2.45, 2.75) is 20.8 Å². The van der Waals surface area contributed by atoms with E-state index in [9.17, 15) is 4.79 Å². The second kappa shape index (κ2) is 10.8. The highest BCUT2D eigenvalue weighted by molar-refractivity contribution is 7.16. The van der Waals surface area contributed by atoms with Crippen molar-refractivity contribution < 1.29 is 19.0 Å². The first-order chi connectivity index (χ1) is 15.4. The van der Waals surface area contributed by atoms with E-state index in [0.717, 1.165) is 27.4 Å². The molecule has 7 heteroatoms. The van der Waals surface area contributed by atoms with E-state index in [4.69, 9.17) is 14.2 Å². The van der Waals surface area contributed by atoms with Crippen molar-refractivity contribution in [2.75, 3.05) is 26.1 Å². The summed E-state index contributed by atoms with van der Waals surface area (Å²) < 4.78 is 16.4. The maximum absolute atomic E-state index is 12.4. The van der Waals surface area contributed by atoms with Crippen LogP contribution in [0, 0.1) is 12.8 Å². The van der Waals surface area contributed by atoms with Crippen molar-refractivity contribution in [3.05, 3.63) is 59.0 Å². The summed E-state index contributed by atoms with van der Waals surface area (Å²) in [5, 5.41) is 3.39. The highest BCUT2D eigenvalue weighted by Gasteiger charge is 2.12. The number of nitrogens with one attached hydrogen (secondary N) is 1. The predicted octanol–water partition coefficient (Wildman–Crippen LogP) is 5.82. The molecule has 0 radical (unpaired) electrons. The summed E-state index contributed by atoms with van der Waals surface area (Å²) in [5.41, 5.74) is 2.66. The first-order valence-electron chi connectivity index (χ1n) is 10.3. The fourth-order valence-corrected chi connectivity index (χ4v) is 3.79. The van der Waals surface area contributed by atoms with Gasteiger partial charge in [-0.2, -0.15) is 0 Å². The van der Waals surface area contributed by atoms with Crippen LogP contribution in [0.5, 0.6) is 17.2 Å². The lowest BCUT2D eigenvalue weighted by atomic mass is 10.1. The summed E-state index contributed by atoms with van der Waals surface area (Å²) in [4.78, 5) is 18.0. The lowest BCUT2D eigenvalue weighted by molar-refractivity contribution is -0.111. The number of aromatic nitrogens is 1. The number of benzene rings is 2. The Morgan fingerprint density at radius 2 is 1.84 bits per heavy atom. The van der Waals surface area contributed by atoms with E-state index in [0.29, 0.717) is 29.2 Å². The molecule has 3 rings (SSSR count). The van der Waals surface area contributed by atoms with Crippen LogP contribution in [0.3, 0.4) is 0 Å². The first-order valence-corrected chi connectivity index (χ1v) is 11.1. The van der Waals surface area contributed by atoms with Crippen LogP contribution >= 0.6 is 11.3 Å². The zero-order valence-electron chi connectivity index (χ0n) is 19.0. The maximum atomic E-state index is 12.4. The fourth-order valence-electron chi connectivity index (χ4n) is 2.95. The van der Waals surface area contributed by atoms with Gasteiger partial charge in [0.25, 0.3) is 0 Å². The molecule has 0 fully saturated rings. The lowest BCUT2D eigenvalue weighted by Crippen LogP contribution is -2.07. The molecule has 1 aromatic heterocycles. The van der Waals surface area contributed by atoms with Gasteiger partial charge in [-0.1, -0.05) is 19.9 Å². The molecule has 2 aromatic carbocycles. The molecule has 0 spiro atoms. The van der Waals surface area contributed by atoms with Crippen molar-refractivity contribution >= 4 is 28.5 Å². The maximum Gasteiger partial charge on any atom is 0.250 e. The number of carbonyl (C=O) groups is 1. The Hall–Kier alpha value is -3.32. The molecule has 0 atom stereocenters. The van der Waals surface area contributed by atoms with Gasteiger partial charge in [0.1, 0.15) is 5.75 Å². The van der Waals surface area contributed by atoms with Crippen molar-refractivity contribution in [2.24, 2.45) is 5.92 Å². The van der Waals surface area contributed by atoms with E-state index in [2.05, 4.69) is 24.1 Å². The second-order valence-corrected chi connectivity index (χ2v) is 8.79. The number of nitrogens with zero attached hydrogens (tertiary/aromatic N) is 1. The average Bonchev–Trinajstić information content (AvgIpc) is 3.16. The van der Waals surface area contributed by atoms with E-state index in [1.165, 1.54) is 17.4 Å². The van der Waals surface area contributed by atoms with E-state index in [1.54, 1.807) is 20.3 Å². The smallest absolute Gasteiger partial charge is 0.250 e. The minimum atomic E-state index is -0.251. The number of aryl methyl sites for hydroxylation is 1. The van der Waals surface area contributed by atoms with E-state index in [1.807, 2.05) is 49.4 Å². The molecule has 168 valence electrons. The molecule has 0 saturated carbocycles. The molecule has 1 heterocycles. The van der Waals surface area contributed by atoms with Gasteiger partial charge >= 0.3 is 0 Å². The molecular weight excluding hydrogens is 424 g/mol. The molecule has 0 bridgehead atoms. The number of methoxy groups -OCH3 is 2. The van der Waals surface area contributed by atoms with Crippen molar-refractivity contribution in [3.63, 3.8) is 0 Å². The minimum absolute atomic E-state index is 0.251. The molecule has 1 N–H and O–H groups in total. The number of rotatable bonds is 9. The number of carbonyl (C=O) groups excluding carboxylic acids is 1. The van der Waals surface area contributed by atoms with Crippen LogP contribution in [0.4, 0.5) is 5.13 Å². The Kier molecular flexibility index (Phi) is 7.89. The fraction of sp³-hybridized carbons (Fsp3) is 0.280. The van der Waals surface area contributed by atoms with Crippen LogP contribution in [0.2, 0.25) is 0 Å². The van der Waals surface area contributed by atoms with E-state index in [-0.39, 0.29) is 5.91 Å². The Labute approximate surface area is 192 Å². The number of hydrogen-bond acceptors (Lipinski definition) is 6. The number of anilines is 1. The molecule has 3 aromatic rings. The molecule has 0 aliphatic heterocycles. The SMILES string of the molecule is COc1ccc(-c2nc(NC(=O)/C=C/c3ccc(OCC(C)C)c(OC)c3)sc2C)cc1. The summed E-state index contributed by atoms with van der Waals surface area (Å²) in [7, 11) is 3.23. The van der Waals surface area contributed by atoms with Crippen LogP contribution in [-0.2, 0) is 4.79 Å². The predicted molar refractivity (Wildman–Crippen MR) is 130 cm³/mol. The Morgan fingerprint density at radius 1 is 1.09 bits per heavy atom. The van der Waals surface area contributed by atoms with Gasteiger partial charge in [0.2, 0.25) is 5.91 Å². The third-order valence-corrected chi connectivity index (χ3v) is 5.46. The molecule has 32 heavy (non-hydrogen) atoms. The van der Waals surface area contributed by atoms with E-state index >= 15 is 0 Å². The van der Waals surface area contributed by atoms with Gasteiger partial charge in [0, 0.05) is 16.5 Å². The van der Waals surface area contributed by atoms with Crippen LogP contribution in [0.25, 0.3) is 17.3 Å². The van der Waals surface area contributed by atoms with Crippen LogP contribution < -0.4 is 19.5 Å².